The molecule has 2 aliphatic rings. The Kier molecular flexibility index (Phi) is 7.49. The van der Waals surface area contributed by atoms with Crippen molar-refractivity contribution >= 4 is 17.7 Å². The second-order valence-electron chi connectivity index (χ2n) is 7.83. The average molecular weight is 402 g/mol. The molecule has 1 aliphatic heterocycles. The molecule has 0 bridgehead atoms. The summed E-state index contributed by atoms with van der Waals surface area (Å²) < 4.78 is 5.46. The van der Waals surface area contributed by atoms with Crippen LogP contribution in [-0.4, -0.2) is 54.4 Å². The molecule has 0 spiro atoms. The molecular weight excluding hydrogens is 370 g/mol. The first kappa shape index (κ1) is 21.1. The highest BCUT2D eigenvalue weighted by molar-refractivity contribution is 5.94. The van der Waals surface area contributed by atoms with Crippen LogP contribution >= 0.6 is 0 Å². The van der Waals surface area contributed by atoms with Gasteiger partial charge < -0.3 is 20.3 Å². The highest BCUT2D eigenvalue weighted by Gasteiger charge is 2.26. The van der Waals surface area contributed by atoms with Crippen molar-refractivity contribution in [2.45, 2.75) is 64.0 Å². The van der Waals surface area contributed by atoms with Gasteiger partial charge in [0.25, 0.3) is 5.91 Å². The smallest absolute Gasteiger partial charge is 0.251 e. The van der Waals surface area contributed by atoms with Gasteiger partial charge in [-0.25, -0.2) is 0 Å². The number of hydrogen-bond donors (Lipinski definition) is 2. The molecule has 0 aromatic heterocycles. The van der Waals surface area contributed by atoms with E-state index in [1.807, 2.05) is 19.1 Å². The summed E-state index contributed by atoms with van der Waals surface area (Å²) in [6.07, 6.45) is 5.85. The van der Waals surface area contributed by atoms with Crippen LogP contribution < -0.4 is 15.4 Å². The fourth-order valence-electron chi connectivity index (χ4n) is 4.09. The van der Waals surface area contributed by atoms with Crippen LogP contribution in [0.3, 0.4) is 0 Å². The number of carbonyl (C=O) groups is 3. The van der Waals surface area contributed by atoms with Gasteiger partial charge in [0.15, 0.2) is 0 Å². The Hall–Kier alpha value is -2.57. The Balaban J connectivity index is 1.48. The molecule has 1 heterocycles. The zero-order valence-electron chi connectivity index (χ0n) is 17.1. The fourth-order valence-corrected chi connectivity index (χ4v) is 4.09. The third-order valence-corrected chi connectivity index (χ3v) is 5.54. The second kappa shape index (κ2) is 10.3. The van der Waals surface area contributed by atoms with E-state index in [1.165, 1.54) is 0 Å². The predicted molar refractivity (Wildman–Crippen MR) is 110 cm³/mol. The van der Waals surface area contributed by atoms with Gasteiger partial charge in [-0.3, -0.25) is 14.4 Å². The van der Waals surface area contributed by atoms with Crippen molar-refractivity contribution in [3.8, 4) is 5.75 Å². The van der Waals surface area contributed by atoms with Crippen molar-refractivity contribution in [2.75, 3.05) is 19.7 Å². The number of benzene rings is 1. The Morgan fingerprint density at radius 1 is 1.14 bits per heavy atom. The molecular formula is C22H31N3O4. The molecule has 3 rings (SSSR count). The van der Waals surface area contributed by atoms with Gasteiger partial charge in [-0.1, -0.05) is 6.07 Å². The van der Waals surface area contributed by atoms with E-state index in [1.54, 1.807) is 17.0 Å². The van der Waals surface area contributed by atoms with Gasteiger partial charge in [0, 0.05) is 30.6 Å². The molecule has 0 unspecified atom stereocenters. The minimum Gasteiger partial charge on any atom is -0.494 e. The number of nitrogens with zero attached hydrogens (tertiary/aromatic N) is 1. The maximum Gasteiger partial charge on any atom is 0.251 e. The number of amides is 3. The number of carbonyl (C=O) groups excluding carboxylic acids is 3. The van der Waals surface area contributed by atoms with Crippen LogP contribution in [0.15, 0.2) is 24.3 Å². The van der Waals surface area contributed by atoms with Crippen LogP contribution in [0.4, 0.5) is 0 Å². The second-order valence-corrected chi connectivity index (χ2v) is 7.83. The lowest BCUT2D eigenvalue weighted by Crippen LogP contribution is -2.49. The maximum atomic E-state index is 12.6. The van der Waals surface area contributed by atoms with E-state index < -0.39 is 0 Å². The van der Waals surface area contributed by atoms with Crippen molar-refractivity contribution in [1.29, 1.82) is 0 Å². The third-order valence-electron chi connectivity index (χ3n) is 5.54. The lowest BCUT2D eigenvalue weighted by Gasteiger charge is -2.32. The summed E-state index contributed by atoms with van der Waals surface area (Å²) in [5.41, 5.74) is 0.575. The van der Waals surface area contributed by atoms with Gasteiger partial charge in [0.2, 0.25) is 11.8 Å². The number of hydrogen-bond acceptors (Lipinski definition) is 4. The Morgan fingerprint density at radius 2 is 1.93 bits per heavy atom. The van der Waals surface area contributed by atoms with Crippen molar-refractivity contribution < 1.29 is 19.1 Å². The van der Waals surface area contributed by atoms with Crippen molar-refractivity contribution in [3.63, 3.8) is 0 Å². The Morgan fingerprint density at radius 3 is 2.69 bits per heavy atom. The summed E-state index contributed by atoms with van der Waals surface area (Å²) in [5.74, 6) is 0.514. The molecule has 3 amide bonds. The van der Waals surface area contributed by atoms with Crippen LogP contribution in [0.2, 0.25) is 0 Å². The van der Waals surface area contributed by atoms with Gasteiger partial charge in [-0.15, -0.1) is 0 Å². The minimum atomic E-state index is -0.123. The summed E-state index contributed by atoms with van der Waals surface area (Å²) in [7, 11) is 0. The zero-order chi connectivity index (χ0) is 20.6. The lowest BCUT2D eigenvalue weighted by molar-refractivity contribution is -0.138. The van der Waals surface area contributed by atoms with Crippen LogP contribution in [0.25, 0.3) is 0 Å². The van der Waals surface area contributed by atoms with Crippen LogP contribution in [-0.2, 0) is 9.59 Å². The number of likely N-dealkylation sites (tertiary alicyclic amines) is 1. The highest BCUT2D eigenvalue weighted by atomic mass is 16.5. The molecule has 158 valence electrons. The van der Waals surface area contributed by atoms with E-state index in [0.717, 1.165) is 32.1 Å². The Bertz CT molecular complexity index is 737. The molecule has 7 nitrogen and oxygen atoms in total. The SMILES string of the molecule is CCOc1cccc(C(=O)N[C@@H]2CCC[C@@H](NC(=O)CN3CCCCC3=O)C2)c1. The number of piperidine rings is 1. The lowest BCUT2D eigenvalue weighted by atomic mass is 9.90. The monoisotopic (exact) mass is 401 g/mol. The molecule has 1 aliphatic carbocycles. The van der Waals surface area contributed by atoms with Crippen molar-refractivity contribution in [3.05, 3.63) is 29.8 Å². The number of rotatable bonds is 7. The van der Waals surface area contributed by atoms with Crippen LogP contribution in [0.5, 0.6) is 5.75 Å². The molecule has 7 heteroatoms. The normalized spacial score (nSPS) is 22.1. The van der Waals surface area contributed by atoms with E-state index in [4.69, 9.17) is 4.74 Å². The first-order valence-electron chi connectivity index (χ1n) is 10.7. The summed E-state index contributed by atoms with van der Waals surface area (Å²) in [6, 6.07) is 7.21. The molecule has 1 saturated carbocycles. The number of ether oxygens (including phenoxy) is 1. The minimum absolute atomic E-state index is 0.0221. The Labute approximate surface area is 172 Å². The predicted octanol–water partition coefficient (Wildman–Crippen LogP) is 2.25. The highest BCUT2D eigenvalue weighted by Crippen LogP contribution is 2.20. The summed E-state index contributed by atoms with van der Waals surface area (Å²) in [4.78, 5) is 38.5. The zero-order valence-corrected chi connectivity index (χ0v) is 17.1. The molecule has 1 aromatic carbocycles. The van der Waals surface area contributed by atoms with E-state index in [-0.39, 0.29) is 36.3 Å². The molecule has 0 radical (unpaired) electrons. The first-order chi connectivity index (χ1) is 14.0. The van der Waals surface area contributed by atoms with Gasteiger partial charge in [0.1, 0.15) is 5.75 Å². The molecule has 2 fully saturated rings. The fraction of sp³-hybridized carbons (Fsp3) is 0.591. The maximum absolute atomic E-state index is 12.6. The van der Waals surface area contributed by atoms with E-state index in [2.05, 4.69) is 10.6 Å². The molecule has 2 N–H and O–H groups in total. The largest absolute Gasteiger partial charge is 0.494 e. The van der Waals surface area contributed by atoms with Gasteiger partial charge in [0.05, 0.1) is 13.2 Å². The molecule has 1 aromatic rings. The molecule has 29 heavy (non-hydrogen) atoms. The van der Waals surface area contributed by atoms with Gasteiger partial charge >= 0.3 is 0 Å². The average Bonchev–Trinajstić information content (AvgIpc) is 2.70. The van der Waals surface area contributed by atoms with Crippen LogP contribution in [0, 0.1) is 0 Å². The van der Waals surface area contributed by atoms with Crippen molar-refractivity contribution in [1.82, 2.24) is 15.5 Å². The molecule has 2 atom stereocenters. The number of nitrogens with one attached hydrogen (secondary N) is 2. The third kappa shape index (κ3) is 6.21. The quantitative estimate of drug-likeness (QED) is 0.734. The summed E-state index contributed by atoms with van der Waals surface area (Å²) in [5, 5.41) is 6.14. The topological polar surface area (TPSA) is 87.7 Å². The van der Waals surface area contributed by atoms with Crippen molar-refractivity contribution in [2.24, 2.45) is 0 Å². The van der Waals surface area contributed by atoms with E-state index >= 15 is 0 Å². The standard InChI is InChI=1S/C22H31N3O4/c1-2-29-19-10-5-7-16(13-19)22(28)24-18-9-6-8-17(14-18)23-20(26)15-25-12-4-3-11-21(25)27/h5,7,10,13,17-18H,2-4,6,8-9,11-12,14-15H2,1H3,(H,23,26)(H,24,28)/t17-,18-/m1/s1. The van der Waals surface area contributed by atoms with Gasteiger partial charge in [-0.2, -0.15) is 0 Å². The van der Waals surface area contributed by atoms with E-state index in [9.17, 15) is 14.4 Å². The summed E-state index contributed by atoms with van der Waals surface area (Å²) >= 11 is 0. The van der Waals surface area contributed by atoms with E-state index in [0.29, 0.717) is 37.3 Å². The van der Waals surface area contributed by atoms with Gasteiger partial charge in [-0.05, 0) is 63.6 Å². The van der Waals surface area contributed by atoms with Crippen LogP contribution in [0.1, 0.15) is 62.2 Å². The summed E-state index contributed by atoms with van der Waals surface area (Å²) in [6.45, 7) is 3.26. The first-order valence-corrected chi connectivity index (χ1v) is 10.7. The molecule has 1 saturated heterocycles.